The van der Waals surface area contributed by atoms with Gasteiger partial charge in [0.25, 0.3) is 11.1 Å². The quantitative estimate of drug-likeness (QED) is 0.294. The highest BCUT2D eigenvalue weighted by atomic mass is 19.3. The topological polar surface area (TPSA) is 118 Å². The molecular formula is C26H24F4N4O6. The van der Waals surface area contributed by atoms with Gasteiger partial charge in [-0.2, -0.15) is 27.8 Å². The smallest absolute Gasteiger partial charge is 0.387 e. The molecule has 40 heavy (non-hydrogen) atoms. The molecule has 14 heteroatoms. The number of nitrogens with zero attached hydrogens (tertiary/aromatic N) is 3. The zero-order valence-electron chi connectivity index (χ0n) is 21.4. The van der Waals surface area contributed by atoms with Crippen molar-refractivity contribution in [1.29, 1.82) is 0 Å². The van der Waals surface area contributed by atoms with Crippen LogP contribution in [-0.4, -0.2) is 47.4 Å². The molecule has 0 spiro atoms. The number of hydrogen-bond acceptors (Lipinski definition) is 8. The predicted octanol–water partition coefficient (Wildman–Crippen LogP) is 4.59. The molecule has 0 atom stereocenters. The van der Waals surface area contributed by atoms with Crippen molar-refractivity contribution in [3.05, 3.63) is 81.4 Å². The van der Waals surface area contributed by atoms with Gasteiger partial charge in [-0.05, 0) is 55.5 Å². The molecule has 4 aromatic rings. The Kier molecular flexibility index (Phi) is 10.2. The fraction of sp³-hybridized carbons (Fsp3) is 0.231. The van der Waals surface area contributed by atoms with Gasteiger partial charge in [-0.1, -0.05) is 0 Å². The summed E-state index contributed by atoms with van der Waals surface area (Å²) in [6.07, 6.45) is 0. The first-order valence-electron chi connectivity index (χ1n) is 11.6. The van der Waals surface area contributed by atoms with Gasteiger partial charge in [0.05, 0.1) is 25.6 Å². The monoisotopic (exact) mass is 564 g/mol. The number of nitrogens with one attached hydrogen (secondary N) is 1. The lowest BCUT2D eigenvalue weighted by Gasteiger charge is -2.11. The predicted molar refractivity (Wildman–Crippen MR) is 136 cm³/mol. The van der Waals surface area contributed by atoms with E-state index in [2.05, 4.69) is 24.8 Å². The highest BCUT2D eigenvalue weighted by molar-refractivity contribution is 5.64. The third-order valence-corrected chi connectivity index (χ3v) is 5.20. The first-order valence-corrected chi connectivity index (χ1v) is 11.6. The normalized spacial score (nSPS) is 10.6. The summed E-state index contributed by atoms with van der Waals surface area (Å²) in [7, 11) is 2.72. The van der Waals surface area contributed by atoms with Gasteiger partial charge in [0.1, 0.15) is 0 Å². The lowest BCUT2D eigenvalue weighted by molar-refractivity contribution is -0.0518. The lowest BCUT2D eigenvalue weighted by atomic mass is 10.1. The van der Waals surface area contributed by atoms with Gasteiger partial charge in [0, 0.05) is 29.8 Å². The highest BCUT2D eigenvalue weighted by Crippen LogP contribution is 2.33. The third kappa shape index (κ3) is 7.82. The standard InChI is InChI=1S/C14H14F2N2O3.C12H10F2N2O3/c1-3-18-13(19)7-5-10(17-18)9-4-6-11(20-2)12(8-9)21-14(15)16;1-18-9-4-2-7(6-10(9)19-12(13)14)8-3-5-11(17)16-15-8/h4-8,14H,3H2,1-2H3;2-6,12H,1H3,(H,16,17). The zero-order chi connectivity index (χ0) is 29.2. The number of rotatable bonds is 9. The molecule has 0 saturated heterocycles. The van der Waals surface area contributed by atoms with Crippen LogP contribution in [0, 0.1) is 0 Å². The van der Waals surface area contributed by atoms with Crippen LogP contribution >= 0.6 is 0 Å². The number of methoxy groups -OCH3 is 2. The molecule has 2 aromatic heterocycles. The molecule has 0 radical (unpaired) electrons. The molecule has 10 nitrogen and oxygen atoms in total. The van der Waals surface area contributed by atoms with Crippen molar-refractivity contribution in [3.8, 4) is 45.5 Å². The second kappa shape index (κ2) is 13.8. The maximum Gasteiger partial charge on any atom is 0.387 e. The van der Waals surface area contributed by atoms with Crippen LogP contribution in [0.4, 0.5) is 17.6 Å². The maximum atomic E-state index is 12.4. The average Bonchev–Trinajstić information content (AvgIpc) is 2.93. The zero-order valence-corrected chi connectivity index (χ0v) is 21.4. The molecule has 4 rings (SSSR count). The number of alkyl halides is 4. The number of hydrogen-bond donors (Lipinski definition) is 1. The summed E-state index contributed by atoms with van der Waals surface area (Å²) >= 11 is 0. The van der Waals surface area contributed by atoms with Gasteiger partial charge in [-0.15, -0.1) is 0 Å². The van der Waals surface area contributed by atoms with Gasteiger partial charge in [-0.25, -0.2) is 9.78 Å². The van der Waals surface area contributed by atoms with Crippen LogP contribution < -0.4 is 30.1 Å². The minimum Gasteiger partial charge on any atom is -0.493 e. The van der Waals surface area contributed by atoms with E-state index in [-0.39, 0.29) is 34.1 Å². The molecule has 0 unspecified atom stereocenters. The van der Waals surface area contributed by atoms with Crippen molar-refractivity contribution in [3.63, 3.8) is 0 Å². The van der Waals surface area contributed by atoms with Gasteiger partial charge in [0.15, 0.2) is 23.0 Å². The molecule has 0 saturated carbocycles. The van der Waals surface area contributed by atoms with Crippen molar-refractivity contribution < 1.29 is 36.5 Å². The molecule has 0 aliphatic carbocycles. The van der Waals surface area contributed by atoms with Crippen LogP contribution in [0.5, 0.6) is 23.0 Å². The highest BCUT2D eigenvalue weighted by Gasteiger charge is 2.14. The van der Waals surface area contributed by atoms with Crippen LogP contribution in [0.15, 0.2) is 70.3 Å². The van der Waals surface area contributed by atoms with Crippen molar-refractivity contribution in [1.82, 2.24) is 20.0 Å². The Balaban J connectivity index is 0.000000222. The molecular weight excluding hydrogens is 540 g/mol. The summed E-state index contributed by atoms with van der Waals surface area (Å²) in [5, 5.41) is 10.2. The van der Waals surface area contributed by atoms with Gasteiger partial charge < -0.3 is 18.9 Å². The molecule has 0 fully saturated rings. The van der Waals surface area contributed by atoms with Crippen LogP contribution in [0.3, 0.4) is 0 Å². The van der Waals surface area contributed by atoms with Gasteiger partial charge in [-0.3, -0.25) is 9.59 Å². The SMILES string of the molecule is CCn1nc(-c2ccc(OC)c(OC(F)F)c2)ccc1=O.COc1ccc(-c2ccc(=O)[nH]n2)cc1OC(F)F. The Morgan fingerprint density at radius 1 is 0.750 bits per heavy atom. The van der Waals surface area contributed by atoms with Crippen molar-refractivity contribution >= 4 is 0 Å². The Bertz CT molecular complexity index is 1520. The fourth-order valence-corrected chi connectivity index (χ4v) is 3.38. The van der Waals surface area contributed by atoms with Crippen molar-refractivity contribution in [2.45, 2.75) is 26.7 Å². The molecule has 0 aliphatic rings. The summed E-state index contributed by atoms with van der Waals surface area (Å²) in [6, 6.07) is 14.7. The maximum absolute atomic E-state index is 12.4. The lowest BCUT2D eigenvalue weighted by Crippen LogP contribution is -2.21. The van der Waals surface area contributed by atoms with Crippen molar-refractivity contribution in [2.24, 2.45) is 0 Å². The van der Waals surface area contributed by atoms with E-state index in [0.717, 1.165) is 0 Å². The third-order valence-electron chi connectivity index (χ3n) is 5.20. The summed E-state index contributed by atoms with van der Waals surface area (Å²) in [6.45, 7) is -3.69. The molecule has 0 amide bonds. The van der Waals surface area contributed by atoms with E-state index in [1.54, 1.807) is 19.1 Å². The summed E-state index contributed by atoms with van der Waals surface area (Å²) < 4.78 is 69.3. The van der Waals surface area contributed by atoms with E-state index in [0.29, 0.717) is 29.1 Å². The summed E-state index contributed by atoms with van der Waals surface area (Å²) in [5.74, 6) is 0.209. The molecule has 212 valence electrons. The number of ether oxygens (including phenoxy) is 4. The van der Waals surface area contributed by atoms with Gasteiger partial charge in [0.2, 0.25) is 0 Å². The Morgan fingerprint density at radius 3 is 1.73 bits per heavy atom. The van der Waals surface area contributed by atoms with Crippen LogP contribution in [-0.2, 0) is 6.54 Å². The van der Waals surface area contributed by atoms with E-state index in [1.165, 1.54) is 67.4 Å². The Labute approximate surface area is 224 Å². The van der Waals surface area contributed by atoms with Crippen molar-refractivity contribution in [2.75, 3.05) is 14.2 Å². The minimum absolute atomic E-state index is 0.0824. The van der Waals surface area contributed by atoms with Gasteiger partial charge >= 0.3 is 13.2 Å². The van der Waals surface area contributed by atoms with Crippen LogP contribution in [0.2, 0.25) is 0 Å². The molecule has 1 N–H and O–H groups in total. The second-order valence-electron chi connectivity index (χ2n) is 7.67. The average molecular weight is 564 g/mol. The summed E-state index contributed by atoms with van der Waals surface area (Å²) in [5.41, 5.74) is 1.42. The Hall–Kier alpha value is -4.88. The second-order valence-corrected chi connectivity index (χ2v) is 7.67. The van der Waals surface area contributed by atoms with Crippen LogP contribution in [0.25, 0.3) is 22.5 Å². The molecule has 2 aromatic carbocycles. The van der Waals surface area contributed by atoms with E-state index >= 15 is 0 Å². The van der Waals surface area contributed by atoms with E-state index in [1.807, 2.05) is 0 Å². The number of halogens is 4. The van der Waals surface area contributed by atoms with Crippen LogP contribution in [0.1, 0.15) is 6.92 Å². The first-order chi connectivity index (χ1) is 19.1. The summed E-state index contributed by atoms with van der Waals surface area (Å²) in [4.78, 5) is 22.4. The minimum atomic E-state index is -2.95. The van der Waals surface area contributed by atoms with E-state index in [4.69, 9.17) is 9.47 Å². The Morgan fingerprint density at radius 2 is 1.27 bits per heavy atom. The number of aromatic nitrogens is 4. The first kappa shape index (κ1) is 29.7. The van der Waals surface area contributed by atoms with E-state index in [9.17, 15) is 27.2 Å². The molecule has 0 aliphatic heterocycles. The largest absolute Gasteiger partial charge is 0.493 e. The number of aryl methyl sites for hydroxylation is 1. The number of benzene rings is 2. The molecule has 2 heterocycles. The number of H-pyrrole nitrogens is 1. The fourth-order valence-electron chi connectivity index (χ4n) is 3.38. The molecule has 0 bridgehead atoms. The number of aromatic amines is 1. The van der Waals surface area contributed by atoms with E-state index < -0.39 is 13.2 Å².